The fourth-order valence-corrected chi connectivity index (χ4v) is 2.79. The molecule has 1 aliphatic heterocycles. The Hall–Kier alpha value is -2.43. The van der Waals surface area contributed by atoms with Crippen LogP contribution in [0.4, 0.5) is 11.6 Å². The minimum Gasteiger partial charge on any atom is -0.352 e. The van der Waals surface area contributed by atoms with E-state index in [0.29, 0.717) is 11.5 Å². The van der Waals surface area contributed by atoms with Crippen LogP contribution in [-0.4, -0.2) is 28.0 Å². The zero-order valence-electron chi connectivity index (χ0n) is 13.1. The summed E-state index contributed by atoms with van der Waals surface area (Å²) in [7, 11) is 0. The van der Waals surface area contributed by atoms with Gasteiger partial charge >= 0.3 is 0 Å². The van der Waals surface area contributed by atoms with Crippen molar-refractivity contribution in [1.29, 1.82) is 0 Å². The molecule has 1 aromatic carbocycles. The Morgan fingerprint density at radius 2 is 1.95 bits per heavy atom. The molecule has 0 fully saturated rings. The number of carbonyl (C=O) groups excluding carboxylic acids is 1. The first-order valence-electron chi connectivity index (χ1n) is 7.56. The molecule has 0 radical (unpaired) electrons. The van der Waals surface area contributed by atoms with Crippen molar-refractivity contribution in [2.24, 2.45) is 0 Å². The number of para-hydroxylation sites is 1. The van der Waals surface area contributed by atoms with E-state index >= 15 is 0 Å². The Morgan fingerprint density at radius 1 is 1.27 bits per heavy atom. The van der Waals surface area contributed by atoms with E-state index in [1.165, 1.54) is 5.56 Å². The maximum Gasteiger partial charge on any atom is 0.261 e. The fourth-order valence-electron chi connectivity index (χ4n) is 2.79. The van der Waals surface area contributed by atoms with Gasteiger partial charge in [0.25, 0.3) is 5.91 Å². The van der Waals surface area contributed by atoms with Crippen LogP contribution in [0, 0.1) is 0 Å². The van der Waals surface area contributed by atoms with Crippen LogP contribution >= 0.6 is 0 Å². The van der Waals surface area contributed by atoms with Crippen LogP contribution in [0.2, 0.25) is 0 Å². The predicted molar refractivity (Wildman–Crippen MR) is 87.2 cm³/mol. The van der Waals surface area contributed by atoms with Gasteiger partial charge in [-0.15, -0.1) is 0 Å². The number of hydrogen-bond donors (Lipinski definition) is 1. The van der Waals surface area contributed by atoms with E-state index in [1.54, 1.807) is 12.4 Å². The second kappa shape index (κ2) is 5.75. The number of aromatic nitrogens is 2. The summed E-state index contributed by atoms with van der Waals surface area (Å²) in [6, 6.07) is 8.45. The molecule has 1 N–H and O–H groups in total. The van der Waals surface area contributed by atoms with Gasteiger partial charge in [0.2, 0.25) is 5.95 Å². The van der Waals surface area contributed by atoms with Gasteiger partial charge < -0.3 is 10.2 Å². The van der Waals surface area contributed by atoms with E-state index in [9.17, 15) is 4.79 Å². The average molecular weight is 296 g/mol. The van der Waals surface area contributed by atoms with Crippen LogP contribution < -0.4 is 10.2 Å². The van der Waals surface area contributed by atoms with Crippen molar-refractivity contribution in [3.63, 3.8) is 0 Å². The van der Waals surface area contributed by atoms with Crippen molar-refractivity contribution >= 4 is 17.5 Å². The van der Waals surface area contributed by atoms with E-state index < -0.39 is 0 Å². The number of benzene rings is 1. The molecule has 22 heavy (non-hydrogen) atoms. The third-order valence-electron chi connectivity index (χ3n) is 3.74. The molecule has 5 nitrogen and oxygen atoms in total. The smallest absolute Gasteiger partial charge is 0.261 e. The minimum atomic E-state index is -0.0476. The quantitative estimate of drug-likeness (QED) is 0.946. The molecule has 1 aromatic heterocycles. The number of amides is 1. The molecule has 114 valence electrons. The van der Waals surface area contributed by atoms with Crippen LogP contribution in [0.25, 0.3) is 0 Å². The summed E-state index contributed by atoms with van der Waals surface area (Å²) >= 11 is 0. The molecule has 1 unspecified atom stereocenters. The van der Waals surface area contributed by atoms with Crippen molar-refractivity contribution in [3.05, 3.63) is 47.8 Å². The Kier molecular flexibility index (Phi) is 3.79. The van der Waals surface area contributed by atoms with Crippen molar-refractivity contribution in [2.45, 2.75) is 39.3 Å². The summed E-state index contributed by atoms with van der Waals surface area (Å²) in [5.41, 5.74) is 2.71. The fraction of sp³-hybridized carbons (Fsp3) is 0.353. The van der Waals surface area contributed by atoms with Crippen LogP contribution in [0.1, 0.15) is 36.7 Å². The summed E-state index contributed by atoms with van der Waals surface area (Å²) in [6.07, 6.45) is 4.07. The van der Waals surface area contributed by atoms with E-state index in [-0.39, 0.29) is 18.0 Å². The highest BCUT2D eigenvalue weighted by atomic mass is 16.2. The molecule has 2 heterocycles. The number of hydrogen-bond acceptors (Lipinski definition) is 4. The normalized spacial score (nSPS) is 16.7. The molecule has 1 amide bonds. The Labute approximate surface area is 130 Å². The highest BCUT2D eigenvalue weighted by Crippen LogP contribution is 2.32. The number of nitrogens with one attached hydrogen (secondary N) is 1. The highest BCUT2D eigenvalue weighted by Gasteiger charge is 2.31. The van der Waals surface area contributed by atoms with Crippen molar-refractivity contribution < 1.29 is 4.79 Å². The average Bonchev–Trinajstić information content (AvgIpc) is 2.82. The Balaban J connectivity index is 1.85. The van der Waals surface area contributed by atoms with Crippen LogP contribution in [0.3, 0.4) is 0 Å². The zero-order valence-corrected chi connectivity index (χ0v) is 13.1. The van der Waals surface area contributed by atoms with Gasteiger partial charge in [-0.3, -0.25) is 4.79 Å². The number of fused-ring (bicyclic) bond motifs is 1. The molecule has 0 aliphatic carbocycles. The third kappa shape index (κ3) is 2.66. The lowest BCUT2D eigenvalue weighted by molar-refractivity contribution is 0.0981. The zero-order chi connectivity index (χ0) is 15.7. The monoisotopic (exact) mass is 296 g/mol. The number of nitrogens with zero attached hydrogens (tertiary/aromatic N) is 3. The first-order valence-corrected chi connectivity index (χ1v) is 7.56. The summed E-state index contributed by atoms with van der Waals surface area (Å²) in [6.45, 7) is 6.10. The van der Waals surface area contributed by atoms with Crippen LogP contribution in [0.15, 0.2) is 36.7 Å². The number of anilines is 2. The van der Waals surface area contributed by atoms with Crippen molar-refractivity contribution in [3.8, 4) is 0 Å². The summed E-state index contributed by atoms with van der Waals surface area (Å²) in [4.78, 5) is 23.1. The molecule has 0 bridgehead atoms. The standard InChI is InChI=1S/C17H20N4O/c1-11(2)20-17-18-9-14(10-19-17)16(22)21-12(3)8-13-6-4-5-7-15(13)21/h4-7,9-12H,8H2,1-3H3,(H,18,19,20). The van der Waals surface area contributed by atoms with Gasteiger partial charge in [-0.25, -0.2) is 9.97 Å². The largest absolute Gasteiger partial charge is 0.352 e. The first-order chi connectivity index (χ1) is 10.6. The molecule has 1 atom stereocenters. The molecule has 1 aliphatic rings. The minimum absolute atomic E-state index is 0.0476. The maximum absolute atomic E-state index is 12.8. The second-order valence-electron chi connectivity index (χ2n) is 5.95. The van der Waals surface area contributed by atoms with E-state index in [2.05, 4.69) is 28.3 Å². The number of carbonyl (C=O) groups is 1. The second-order valence-corrected chi connectivity index (χ2v) is 5.95. The van der Waals surface area contributed by atoms with Gasteiger partial charge in [-0.05, 0) is 38.8 Å². The van der Waals surface area contributed by atoms with Gasteiger partial charge in [0.15, 0.2) is 0 Å². The molecule has 0 spiro atoms. The predicted octanol–water partition coefficient (Wildman–Crippen LogP) is 2.89. The molecule has 3 rings (SSSR count). The Morgan fingerprint density at radius 3 is 2.64 bits per heavy atom. The lowest BCUT2D eigenvalue weighted by Crippen LogP contribution is -2.35. The van der Waals surface area contributed by atoms with Gasteiger partial charge in [0.1, 0.15) is 0 Å². The van der Waals surface area contributed by atoms with Gasteiger partial charge in [-0.1, -0.05) is 18.2 Å². The van der Waals surface area contributed by atoms with Gasteiger partial charge in [-0.2, -0.15) is 0 Å². The number of rotatable bonds is 3. The van der Waals surface area contributed by atoms with Crippen LogP contribution in [0.5, 0.6) is 0 Å². The maximum atomic E-state index is 12.8. The van der Waals surface area contributed by atoms with Gasteiger partial charge in [0, 0.05) is 30.2 Å². The summed E-state index contributed by atoms with van der Waals surface area (Å²) < 4.78 is 0. The lowest BCUT2D eigenvalue weighted by Gasteiger charge is -2.22. The van der Waals surface area contributed by atoms with Crippen molar-refractivity contribution in [2.75, 3.05) is 10.2 Å². The molecular weight excluding hydrogens is 276 g/mol. The third-order valence-corrected chi connectivity index (χ3v) is 3.74. The molecule has 2 aromatic rings. The summed E-state index contributed by atoms with van der Waals surface area (Å²) in [5, 5.41) is 3.12. The van der Waals surface area contributed by atoms with E-state index in [0.717, 1.165) is 12.1 Å². The van der Waals surface area contributed by atoms with E-state index in [4.69, 9.17) is 0 Å². The van der Waals surface area contributed by atoms with Crippen LogP contribution in [-0.2, 0) is 6.42 Å². The Bertz CT molecular complexity index is 681. The molecule has 0 saturated carbocycles. The lowest BCUT2D eigenvalue weighted by atomic mass is 10.1. The van der Waals surface area contributed by atoms with E-state index in [1.807, 2.05) is 36.9 Å². The highest BCUT2D eigenvalue weighted by molar-refractivity contribution is 6.07. The molecule has 0 saturated heterocycles. The first kappa shape index (κ1) is 14.5. The summed E-state index contributed by atoms with van der Waals surface area (Å²) in [5.74, 6) is 0.495. The molecule has 5 heteroatoms. The molecular formula is C17H20N4O. The van der Waals surface area contributed by atoms with Crippen molar-refractivity contribution in [1.82, 2.24) is 9.97 Å². The van der Waals surface area contributed by atoms with Gasteiger partial charge in [0.05, 0.1) is 5.56 Å². The SMILES string of the molecule is CC(C)Nc1ncc(C(=O)N2c3ccccc3CC2C)cn1. The topological polar surface area (TPSA) is 58.1 Å².